The summed E-state index contributed by atoms with van der Waals surface area (Å²) in [5, 5.41) is 15.1. The smallest absolute Gasteiger partial charge is 0.264 e. The van der Waals surface area contributed by atoms with E-state index in [-0.39, 0.29) is 30.4 Å². The molecule has 5 amide bonds. The molecule has 2 unspecified atom stereocenters. The van der Waals surface area contributed by atoms with Crippen LogP contribution in [0.25, 0.3) is 11.0 Å². The van der Waals surface area contributed by atoms with Crippen LogP contribution in [0.1, 0.15) is 109 Å². The van der Waals surface area contributed by atoms with Gasteiger partial charge in [0.25, 0.3) is 18.2 Å². The zero-order valence-electron chi connectivity index (χ0n) is 36.8. The highest BCUT2D eigenvalue weighted by atomic mass is 19.3. The summed E-state index contributed by atoms with van der Waals surface area (Å²) in [5.41, 5.74) is 6.29. The lowest BCUT2D eigenvalue weighted by Gasteiger charge is -2.42. The van der Waals surface area contributed by atoms with Gasteiger partial charge in [0.15, 0.2) is 0 Å². The zero-order valence-corrected chi connectivity index (χ0v) is 36.8. The molecule has 7 aliphatic heterocycles. The number of unbranched alkanes of at least 4 members (excludes halogenated alkanes) is 1. The predicted octanol–water partition coefficient (Wildman–Crippen LogP) is 4.94. The number of nitrogens with zero attached hydrogens (tertiary/aromatic N) is 7. The van der Waals surface area contributed by atoms with E-state index >= 15 is 0 Å². The molecule has 16 heteroatoms. The summed E-state index contributed by atoms with van der Waals surface area (Å²) in [6.45, 7) is 9.01. The second-order valence-electron chi connectivity index (χ2n) is 18.5. The minimum absolute atomic E-state index is 0.0249. The van der Waals surface area contributed by atoms with Crippen molar-refractivity contribution in [2.24, 2.45) is 5.92 Å². The van der Waals surface area contributed by atoms with Gasteiger partial charge in [-0.2, -0.15) is 6.21 Å². The van der Waals surface area contributed by atoms with Gasteiger partial charge in [-0.05, 0) is 104 Å². The quantitative estimate of drug-likeness (QED) is 0.161. The number of carbonyl (C=O) groups excluding carboxylic acids is 5. The normalized spacial score (nSPS) is 23.5. The fourth-order valence-electron chi connectivity index (χ4n) is 11.4. The largest absolute Gasteiger partial charge is 0.810 e. The first kappa shape index (κ1) is 43.6. The predicted molar refractivity (Wildman–Crippen MR) is 240 cm³/mol. The molecular weight excluding hydrogens is 821 g/mol. The number of fused-ring (bicyclic) bond motifs is 2. The number of likely N-dealkylation sites (tertiary alicyclic amines) is 1. The van der Waals surface area contributed by atoms with Gasteiger partial charge in [-0.25, -0.2) is 8.78 Å². The highest BCUT2D eigenvalue weighted by Gasteiger charge is 2.47. The molecule has 64 heavy (non-hydrogen) atoms. The maximum absolute atomic E-state index is 14.7. The molecule has 9 rings (SSSR count). The van der Waals surface area contributed by atoms with Crippen LogP contribution in [0.15, 0.2) is 47.8 Å². The van der Waals surface area contributed by atoms with Crippen LogP contribution >= 0.6 is 0 Å². The van der Waals surface area contributed by atoms with Gasteiger partial charge in [0.05, 0.1) is 22.9 Å². The molecule has 14 nitrogen and oxygen atoms in total. The number of carbonyl (C=O) groups is 5. The molecule has 0 saturated carbocycles. The van der Waals surface area contributed by atoms with Crippen LogP contribution in [0, 0.1) is 5.92 Å². The number of aryl methyl sites for hydroxylation is 1. The maximum atomic E-state index is 14.7. The minimum atomic E-state index is -2.72. The first-order chi connectivity index (χ1) is 30.9. The third-order valence-electron chi connectivity index (χ3n) is 14.8. The summed E-state index contributed by atoms with van der Waals surface area (Å²) in [7, 11) is 1.67. The number of imide groups is 2. The number of allylic oxidation sites excluding steroid dienone is 1. The van der Waals surface area contributed by atoms with Crippen LogP contribution < -0.4 is 20.4 Å². The van der Waals surface area contributed by atoms with E-state index in [1.807, 2.05) is 17.0 Å². The molecule has 7 aliphatic rings. The van der Waals surface area contributed by atoms with Gasteiger partial charge < -0.3 is 35.2 Å². The number of hydrogen-bond acceptors (Lipinski definition) is 10. The van der Waals surface area contributed by atoms with Crippen molar-refractivity contribution in [3.8, 4) is 0 Å². The minimum Gasteiger partial charge on any atom is -0.810 e. The van der Waals surface area contributed by atoms with Crippen molar-refractivity contribution in [2.75, 3.05) is 75.8 Å². The molecule has 0 aliphatic carbocycles. The Morgan fingerprint density at radius 3 is 2.44 bits per heavy atom. The number of halogens is 2. The molecule has 2 atom stereocenters. The van der Waals surface area contributed by atoms with Crippen LogP contribution in [-0.4, -0.2) is 139 Å². The summed E-state index contributed by atoms with van der Waals surface area (Å²) in [6.07, 6.45) is 7.67. The number of anilines is 2. The monoisotopic (exact) mass is 878 g/mol. The van der Waals surface area contributed by atoms with Gasteiger partial charge in [-0.1, -0.05) is 12.5 Å². The third kappa shape index (κ3) is 8.06. The molecular formula is C48H58F2N9O5-. The van der Waals surface area contributed by atoms with E-state index in [0.29, 0.717) is 47.3 Å². The highest BCUT2D eigenvalue weighted by molar-refractivity contribution is 6.25. The molecule has 0 spiro atoms. The van der Waals surface area contributed by atoms with Crippen molar-refractivity contribution in [1.82, 2.24) is 30.2 Å². The van der Waals surface area contributed by atoms with E-state index in [9.17, 15) is 38.2 Å². The number of hydrogen-bond donors (Lipinski definition) is 2. The lowest BCUT2D eigenvalue weighted by Crippen LogP contribution is -2.54. The number of benzene rings is 2. The second kappa shape index (κ2) is 18.1. The molecule has 7 heterocycles. The topological polar surface area (TPSA) is 151 Å². The van der Waals surface area contributed by atoms with Gasteiger partial charge in [0, 0.05) is 108 Å². The van der Waals surface area contributed by atoms with E-state index in [4.69, 9.17) is 0 Å². The molecule has 340 valence electrons. The fourth-order valence-corrected chi connectivity index (χ4v) is 11.4. The lowest BCUT2D eigenvalue weighted by atomic mass is 9.90. The number of alkyl halides is 2. The van der Waals surface area contributed by atoms with Crippen molar-refractivity contribution in [1.29, 1.82) is 0 Å². The van der Waals surface area contributed by atoms with Gasteiger partial charge in [-0.3, -0.25) is 34.2 Å². The van der Waals surface area contributed by atoms with Crippen molar-refractivity contribution >= 4 is 52.7 Å². The van der Waals surface area contributed by atoms with E-state index < -0.39 is 36.1 Å². The Morgan fingerprint density at radius 1 is 0.922 bits per heavy atom. The number of nitrogens with one attached hydrogen (secondary N) is 2. The van der Waals surface area contributed by atoms with E-state index in [1.165, 1.54) is 17.5 Å². The van der Waals surface area contributed by atoms with E-state index in [0.717, 1.165) is 125 Å². The van der Waals surface area contributed by atoms with Crippen LogP contribution in [0.2, 0.25) is 0 Å². The fraction of sp³-hybridized carbons (Fsp3) is 0.542. The van der Waals surface area contributed by atoms with Gasteiger partial charge in [0.2, 0.25) is 17.7 Å². The molecule has 2 N–H and O–H groups in total. The summed E-state index contributed by atoms with van der Waals surface area (Å²) in [5.74, 6) is -1.42. The Morgan fingerprint density at radius 2 is 1.72 bits per heavy atom. The van der Waals surface area contributed by atoms with Crippen LogP contribution in [0.4, 0.5) is 20.2 Å². The Balaban J connectivity index is 0.789. The van der Waals surface area contributed by atoms with E-state index in [2.05, 4.69) is 30.2 Å². The first-order valence-electron chi connectivity index (χ1n) is 23.1. The number of amides is 5. The summed E-state index contributed by atoms with van der Waals surface area (Å²) >= 11 is 0. The van der Waals surface area contributed by atoms with Gasteiger partial charge in [0.1, 0.15) is 6.04 Å². The molecule has 0 radical (unpaired) electrons. The molecule has 0 aromatic heterocycles. The summed E-state index contributed by atoms with van der Waals surface area (Å²) in [6, 6.07) is 8.11. The Kier molecular flexibility index (Phi) is 12.3. The summed E-state index contributed by atoms with van der Waals surface area (Å²) < 4.78 is 29.3. The molecule has 3 fully saturated rings. The average molecular weight is 879 g/mol. The molecule has 2 aromatic carbocycles. The third-order valence-corrected chi connectivity index (χ3v) is 14.8. The zero-order chi connectivity index (χ0) is 44.8. The standard InChI is InChI=1S/C48H58F2N9O5/c1-29(60)55-20-15-38-37(27-55)42(57-17-6-8-31-21-35(32(23-51)24-52-2)36(45(49)50)22-41(31)57)28-58(38)33-13-18-54(19-14-33)16-4-3-7-30-25-56(26-30)39-10-5-9-34-44(39)48(64)59(47(34)63)40-11-12-43(61)53-46(40)62/h5,9-10,21-24,30,33,40,42,45,52H,3-4,6-8,11-20,25-28H2,1-2H3,(H,53,61,62)/q-1/b32-24+. The first-order valence-corrected chi connectivity index (χ1v) is 23.1. The van der Waals surface area contributed by atoms with Crippen molar-refractivity contribution < 1.29 is 32.8 Å². The van der Waals surface area contributed by atoms with Crippen molar-refractivity contribution in [3.05, 3.63) is 81.0 Å². The molecule has 3 saturated heterocycles. The SMILES string of the molecule is CN/C=C(\C=[N-])c1cc2c(cc1C(F)F)N(C1CN(C3CCN(CCCCC4CN(c5cccc6c5C(=O)N(C5CCC(=O)NC5=O)C6=O)C4)CC3)C3=C1CN(C(C)=O)CC3)CCC2. The van der Waals surface area contributed by atoms with Crippen LogP contribution in [0.5, 0.6) is 0 Å². The van der Waals surface area contributed by atoms with E-state index in [1.54, 1.807) is 32.2 Å². The molecule has 2 aromatic rings. The number of rotatable bonds is 13. The average Bonchev–Trinajstić information content (AvgIpc) is 3.78. The van der Waals surface area contributed by atoms with Gasteiger partial charge in [-0.15, -0.1) is 0 Å². The Hall–Kier alpha value is -5.64. The van der Waals surface area contributed by atoms with Crippen LogP contribution in [-0.2, 0) is 20.8 Å². The Bertz CT molecular complexity index is 2300. The van der Waals surface area contributed by atoms with Crippen molar-refractivity contribution in [3.63, 3.8) is 0 Å². The molecule has 0 bridgehead atoms. The lowest BCUT2D eigenvalue weighted by molar-refractivity contribution is -0.136. The highest BCUT2D eigenvalue weighted by Crippen LogP contribution is 2.43. The van der Waals surface area contributed by atoms with Gasteiger partial charge >= 0.3 is 0 Å². The van der Waals surface area contributed by atoms with Crippen molar-refractivity contribution in [2.45, 2.75) is 95.7 Å². The summed E-state index contributed by atoms with van der Waals surface area (Å²) in [4.78, 5) is 76.4. The maximum Gasteiger partial charge on any atom is 0.264 e. The number of piperidine rings is 2. The second-order valence-corrected chi connectivity index (χ2v) is 18.5. The Labute approximate surface area is 373 Å². The van der Waals surface area contributed by atoms with Crippen LogP contribution in [0.3, 0.4) is 0 Å².